The molecular formula is C20H38N4O3. The minimum Gasteiger partial charge on any atom is -0.385 e. The Kier molecular flexibility index (Phi) is 9.51. The third kappa shape index (κ3) is 7.05. The number of methoxy groups -OCH3 is 1. The second-order valence-electron chi connectivity index (χ2n) is 8.02. The third-order valence-corrected chi connectivity index (χ3v) is 6.05. The van der Waals surface area contributed by atoms with Gasteiger partial charge < -0.3 is 20.3 Å². The number of piperidine rings is 1. The van der Waals surface area contributed by atoms with E-state index in [0.29, 0.717) is 31.4 Å². The van der Waals surface area contributed by atoms with Crippen molar-refractivity contribution in [2.75, 3.05) is 59.5 Å². The smallest absolute Gasteiger partial charge is 0.237 e. The zero-order valence-corrected chi connectivity index (χ0v) is 17.3. The van der Waals surface area contributed by atoms with Gasteiger partial charge in [0.05, 0.1) is 6.04 Å². The maximum atomic E-state index is 12.7. The quantitative estimate of drug-likeness (QED) is 0.574. The molecule has 2 saturated heterocycles. The van der Waals surface area contributed by atoms with Crippen LogP contribution in [0.3, 0.4) is 0 Å². The van der Waals surface area contributed by atoms with Crippen molar-refractivity contribution in [3.05, 3.63) is 0 Å². The Labute approximate surface area is 164 Å². The van der Waals surface area contributed by atoms with Crippen LogP contribution in [0.1, 0.15) is 39.5 Å². The lowest BCUT2D eigenvalue weighted by Gasteiger charge is -2.38. The lowest BCUT2D eigenvalue weighted by atomic mass is 9.85. The molecule has 3 atom stereocenters. The molecule has 2 amide bonds. The fourth-order valence-corrected chi connectivity index (χ4v) is 4.04. The molecule has 3 unspecified atom stereocenters. The minimum atomic E-state index is -0.156. The molecule has 7 nitrogen and oxygen atoms in total. The van der Waals surface area contributed by atoms with Crippen molar-refractivity contribution in [2.24, 2.45) is 11.8 Å². The first kappa shape index (κ1) is 22.1. The fraction of sp³-hybridized carbons (Fsp3) is 0.900. The lowest BCUT2D eigenvalue weighted by Crippen LogP contribution is -2.55. The number of ether oxygens (including phenoxy) is 1. The molecule has 7 heteroatoms. The van der Waals surface area contributed by atoms with E-state index < -0.39 is 0 Å². The first-order valence-corrected chi connectivity index (χ1v) is 10.5. The van der Waals surface area contributed by atoms with Crippen molar-refractivity contribution in [2.45, 2.75) is 45.6 Å². The van der Waals surface area contributed by atoms with E-state index in [1.165, 1.54) is 12.8 Å². The van der Waals surface area contributed by atoms with Crippen LogP contribution in [0.15, 0.2) is 0 Å². The van der Waals surface area contributed by atoms with Crippen molar-refractivity contribution in [3.8, 4) is 0 Å². The van der Waals surface area contributed by atoms with Gasteiger partial charge in [0.2, 0.25) is 11.8 Å². The average Bonchev–Trinajstić information content (AvgIpc) is 2.71. The Balaban J connectivity index is 1.69. The molecule has 0 saturated carbocycles. The largest absolute Gasteiger partial charge is 0.385 e. The first-order valence-electron chi connectivity index (χ1n) is 10.5. The molecule has 27 heavy (non-hydrogen) atoms. The van der Waals surface area contributed by atoms with Crippen molar-refractivity contribution >= 4 is 11.8 Å². The maximum absolute atomic E-state index is 12.7. The summed E-state index contributed by atoms with van der Waals surface area (Å²) in [6.45, 7) is 10.6. The number of nitrogens with one attached hydrogen (secondary N) is 2. The van der Waals surface area contributed by atoms with Crippen LogP contribution < -0.4 is 10.6 Å². The summed E-state index contributed by atoms with van der Waals surface area (Å²) in [6, 6.07) is -0.156. The number of carbonyl (C=O) groups is 2. The Morgan fingerprint density at radius 1 is 1.22 bits per heavy atom. The molecule has 0 bridgehead atoms. The van der Waals surface area contributed by atoms with Crippen molar-refractivity contribution in [1.82, 2.24) is 20.4 Å². The van der Waals surface area contributed by atoms with Crippen molar-refractivity contribution in [1.29, 1.82) is 0 Å². The molecule has 2 N–H and O–H groups in total. The van der Waals surface area contributed by atoms with Gasteiger partial charge in [-0.15, -0.1) is 0 Å². The van der Waals surface area contributed by atoms with Crippen LogP contribution in [-0.4, -0.2) is 87.2 Å². The summed E-state index contributed by atoms with van der Waals surface area (Å²) in [5.74, 6) is 1.37. The summed E-state index contributed by atoms with van der Waals surface area (Å²) in [5.41, 5.74) is 0. The minimum absolute atomic E-state index is 0.0595. The van der Waals surface area contributed by atoms with Crippen LogP contribution in [0.25, 0.3) is 0 Å². The van der Waals surface area contributed by atoms with Crippen LogP contribution in [0.4, 0.5) is 0 Å². The van der Waals surface area contributed by atoms with Crippen LogP contribution >= 0.6 is 0 Å². The van der Waals surface area contributed by atoms with Gasteiger partial charge in [0.1, 0.15) is 0 Å². The zero-order valence-electron chi connectivity index (χ0n) is 17.3. The monoisotopic (exact) mass is 382 g/mol. The van der Waals surface area contributed by atoms with Gasteiger partial charge in [0.15, 0.2) is 0 Å². The summed E-state index contributed by atoms with van der Waals surface area (Å²) in [5, 5.41) is 6.41. The third-order valence-electron chi connectivity index (χ3n) is 6.05. The topological polar surface area (TPSA) is 73.9 Å². The molecule has 2 aliphatic heterocycles. The van der Waals surface area contributed by atoms with Gasteiger partial charge in [-0.3, -0.25) is 14.5 Å². The van der Waals surface area contributed by atoms with Gasteiger partial charge in [-0.1, -0.05) is 6.92 Å². The fourth-order valence-electron chi connectivity index (χ4n) is 4.04. The molecule has 0 aromatic heterocycles. The predicted octanol–water partition coefficient (Wildman–Crippen LogP) is 0.698. The molecular weight excluding hydrogens is 344 g/mol. The molecule has 2 fully saturated rings. The number of carbonyl (C=O) groups excluding carboxylic acids is 2. The van der Waals surface area contributed by atoms with E-state index in [0.717, 1.165) is 45.7 Å². The first-order chi connectivity index (χ1) is 13.0. The molecule has 0 spiro atoms. The molecule has 2 heterocycles. The van der Waals surface area contributed by atoms with E-state index in [-0.39, 0.29) is 17.9 Å². The lowest BCUT2D eigenvalue weighted by molar-refractivity contribution is -0.135. The van der Waals surface area contributed by atoms with Gasteiger partial charge in [0, 0.05) is 52.9 Å². The second kappa shape index (κ2) is 11.6. The number of hydrogen-bond acceptors (Lipinski definition) is 5. The summed E-state index contributed by atoms with van der Waals surface area (Å²) >= 11 is 0. The summed E-state index contributed by atoms with van der Waals surface area (Å²) < 4.78 is 5.00. The summed E-state index contributed by atoms with van der Waals surface area (Å²) in [7, 11) is 1.66. The van der Waals surface area contributed by atoms with Gasteiger partial charge >= 0.3 is 0 Å². The molecule has 0 aromatic rings. The number of hydrogen-bond donors (Lipinski definition) is 2. The highest BCUT2D eigenvalue weighted by Crippen LogP contribution is 2.23. The van der Waals surface area contributed by atoms with Gasteiger partial charge in [0.25, 0.3) is 0 Å². The van der Waals surface area contributed by atoms with E-state index in [9.17, 15) is 9.59 Å². The maximum Gasteiger partial charge on any atom is 0.237 e. The van der Waals surface area contributed by atoms with Gasteiger partial charge in [-0.2, -0.15) is 0 Å². The Hall–Kier alpha value is -1.18. The van der Waals surface area contributed by atoms with E-state index >= 15 is 0 Å². The second-order valence-corrected chi connectivity index (χ2v) is 8.02. The van der Waals surface area contributed by atoms with E-state index in [1.54, 1.807) is 7.11 Å². The highest BCUT2D eigenvalue weighted by Gasteiger charge is 2.29. The normalized spacial score (nSPS) is 23.7. The van der Waals surface area contributed by atoms with Crippen molar-refractivity contribution < 1.29 is 14.3 Å². The molecule has 2 aliphatic rings. The highest BCUT2D eigenvalue weighted by molar-refractivity contribution is 5.81. The molecule has 0 aromatic carbocycles. The van der Waals surface area contributed by atoms with Crippen LogP contribution in [0, 0.1) is 11.8 Å². The zero-order chi connectivity index (χ0) is 19.6. The average molecular weight is 383 g/mol. The Morgan fingerprint density at radius 2 is 1.96 bits per heavy atom. The number of nitrogens with zero attached hydrogens (tertiary/aromatic N) is 2. The number of amides is 2. The van der Waals surface area contributed by atoms with Crippen molar-refractivity contribution in [3.63, 3.8) is 0 Å². The SMILES string of the molecule is COCCCNC(=O)C(C)N1CCN(C(=O)CC(C)C2CCCNC2)CC1. The van der Waals surface area contributed by atoms with Crippen LogP contribution in [0.5, 0.6) is 0 Å². The predicted molar refractivity (Wildman–Crippen MR) is 106 cm³/mol. The van der Waals surface area contributed by atoms with Crippen LogP contribution in [0.2, 0.25) is 0 Å². The van der Waals surface area contributed by atoms with E-state index in [2.05, 4.69) is 22.5 Å². The highest BCUT2D eigenvalue weighted by atomic mass is 16.5. The molecule has 0 aliphatic carbocycles. The van der Waals surface area contributed by atoms with Crippen LogP contribution in [-0.2, 0) is 14.3 Å². The molecule has 0 radical (unpaired) electrons. The van der Waals surface area contributed by atoms with E-state index in [4.69, 9.17) is 4.74 Å². The Bertz CT molecular complexity index is 460. The van der Waals surface area contributed by atoms with E-state index in [1.807, 2.05) is 11.8 Å². The standard InChI is InChI=1S/C20H38N4O3/c1-16(18-6-4-7-21-15-18)14-19(25)24-11-9-23(10-12-24)17(2)20(26)22-8-5-13-27-3/h16-18,21H,4-15H2,1-3H3,(H,22,26). The molecule has 156 valence electrons. The summed E-state index contributed by atoms with van der Waals surface area (Å²) in [4.78, 5) is 29.1. The van der Waals surface area contributed by atoms with Gasteiger partial charge in [-0.05, 0) is 51.1 Å². The number of piperazine rings is 1. The van der Waals surface area contributed by atoms with Gasteiger partial charge in [-0.25, -0.2) is 0 Å². The Morgan fingerprint density at radius 3 is 2.59 bits per heavy atom. The summed E-state index contributed by atoms with van der Waals surface area (Å²) in [6.07, 6.45) is 3.91. The number of rotatable bonds is 9. The molecule has 2 rings (SSSR count).